The largest absolute Gasteiger partial charge is 0.324 e. The summed E-state index contributed by atoms with van der Waals surface area (Å²) in [5, 5.41) is 4.38. The van der Waals surface area contributed by atoms with Crippen LogP contribution in [-0.2, 0) is 0 Å². The van der Waals surface area contributed by atoms with Crippen molar-refractivity contribution in [3.63, 3.8) is 0 Å². The summed E-state index contributed by atoms with van der Waals surface area (Å²) in [6.07, 6.45) is 13.9. The molecule has 0 radical (unpaired) electrons. The summed E-state index contributed by atoms with van der Waals surface area (Å²) in [4.78, 5) is 4.20. The third-order valence-electron chi connectivity index (χ3n) is 4.67. The Kier molecular flexibility index (Phi) is 3.51. The first-order chi connectivity index (χ1) is 9.31. The summed E-state index contributed by atoms with van der Waals surface area (Å²) in [6.45, 7) is 2.29. The van der Waals surface area contributed by atoms with E-state index in [9.17, 15) is 0 Å². The molecule has 3 atom stereocenters. The highest BCUT2D eigenvalue weighted by molar-refractivity contribution is 5.53. The molecule has 102 valence electrons. The van der Waals surface area contributed by atoms with Crippen LogP contribution in [0.2, 0.25) is 0 Å². The molecule has 19 heavy (non-hydrogen) atoms. The maximum absolute atomic E-state index is 6.57. The highest BCUT2D eigenvalue weighted by Crippen LogP contribution is 2.39. The van der Waals surface area contributed by atoms with Crippen molar-refractivity contribution < 1.29 is 0 Å². The Labute approximate surface area is 114 Å². The van der Waals surface area contributed by atoms with Crippen LogP contribution in [0.3, 0.4) is 0 Å². The molecule has 2 aromatic rings. The minimum Gasteiger partial charge on any atom is -0.324 e. The van der Waals surface area contributed by atoms with E-state index in [1.54, 1.807) is 6.20 Å². The molecule has 2 aromatic heterocycles. The molecule has 0 saturated heterocycles. The molecule has 0 bridgehead atoms. The number of fused-ring (bicyclic) bond motifs is 1. The van der Waals surface area contributed by atoms with Gasteiger partial charge in [0, 0.05) is 24.0 Å². The lowest BCUT2D eigenvalue weighted by atomic mass is 9.73. The van der Waals surface area contributed by atoms with Gasteiger partial charge in [-0.25, -0.2) is 4.52 Å². The Morgan fingerprint density at radius 2 is 2.21 bits per heavy atom. The molecule has 0 amide bonds. The maximum Gasteiger partial charge on any atom is 0.0892 e. The molecule has 4 heteroatoms. The van der Waals surface area contributed by atoms with Gasteiger partial charge in [-0.2, -0.15) is 5.10 Å². The van der Waals surface area contributed by atoms with Gasteiger partial charge in [0.2, 0.25) is 0 Å². The number of nitrogens with zero attached hydrogens (tertiary/aromatic N) is 3. The molecule has 4 nitrogen and oxygen atoms in total. The first-order valence-electron chi connectivity index (χ1n) is 7.34. The molecule has 2 heterocycles. The summed E-state index contributed by atoms with van der Waals surface area (Å²) < 4.78 is 1.87. The lowest BCUT2D eigenvalue weighted by molar-refractivity contribution is 0.197. The highest BCUT2D eigenvalue weighted by atomic mass is 15.2. The topological polar surface area (TPSA) is 56.2 Å². The lowest BCUT2D eigenvalue weighted by Crippen LogP contribution is -2.30. The van der Waals surface area contributed by atoms with E-state index < -0.39 is 0 Å². The number of hydrogen-bond donors (Lipinski definition) is 1. The zero-order valence-corrected chi connectivity index (χ0v) is 11.5. The van der Waals surface area contributed by atoms with Gasteiger partial charge in [-0.05, 0) is 18.3 Å². The zero-order valence-electron chi connectivity index (χ0n) is 11.5. The Morgan fingerprint density at radius 3 is 3.05 bits per heavy atom. The van der Waals surface area contributed by atoms with Gasteiger partial charge < -0.3 is 5.73 Å². The van der Waals surface area contributed by atoms with Crippen LogP contribution >= 0.6 is 0 Å². The standard InChI is InChI=1S/C15H22N4/c1-2-11-5-3-4-6-12(11)15(16)13-9-18-19-8-7-17-10-14(13)19/h7-12,15H,2-6,16H2,1H3. The van der Waals surface area contributed by atoms with Gasteiger partial charge >= 0.3 is 0 Å². The van der Waals surface area contributed by atoms with Crippen LogP contribution in [0.4, 0.5) is 0 Å². The van der Waals surface area contributed by atoms with Crippen molar-refractivity contribution in [3.05, 3.63) is 30.4 Å². The van der Waals surface area contributed by atoms with Gasteiger partial charge in [-0.15, -0.1) is 0 Å². The number of nitrogens with two attached hydrogens (primary N) is 1. The highest BCUT2D eigenvalue weighted by Gasteiger charge is 2.30. The molecule has 0 aliphatic heterocycles. The van der Waals surface area contributed by atoms with Crippen LogP contribution < -0.4 is 5.73 Å². The Morgan fingerprint density at radius 1 is 1.37 bits per heavy atom. The molecular weight excluding hydrogens is 236 g/mol. The predicted molar refractivity (Wildman–Crippen MR) is 75.7 cm³/mol. The van der Waals surface area contributed by atoms with Crippen molar-refractivity contribution in [3.8, 4) is 0 Å². The van der Waals surface area contributed by atoms with Gasteiger partial charge in [-0.3, -0.25) is 4.98 Å². The normalized spacial score (nSPS) is 25.6. The van der Waals surface area contributed by atoms with E-state index in [-0.39, 0.29) is 6.04 Å². The fourth-order valence-corrected chi connectivity index (χ4v) is 3.56. The van der Waals surface area contributed by atoms with E-state index in [4.69, 9.17) is 5.73 Å². The number of rotatable bonds is 3. The van der Waals surface area contributed by atoms with Crippen LogP contribution in [0.1, 0.15) is 50.6 Å². The molecule has 1 aliphatic carbocycles. The van der Waals surface area contributed by atoms with Crippen LogP contribution in [-0.4, -0.2) is 14.6 Å². The van der Waals surface area contributed by atoms with Crippen molar-refractivity contribution in [2.45, 2.75) is 45.1 Å². The van der Waals surface area contributed by atoms with E-state index in [0.717, 1.165) is 17.0 Å². The van der Waals surface area contributed by atoms with E-state index in [2.05, 4.69) is 17.0 Å². The van der Waals surface area contributed by atoms with Crippen LogP contribution in [0.25, 0.3) is 5.52 Å². The number of aromatic nitrogens is 3. The first-order valence-corrected chi connectivity index (χ1v) is 7.34. The van der Waals surface area contributed by atoms with Crippen molar-refractivity contribution in [1.29, 1.82) is 0 Å². The minimum atomic E-state index is 0.0898. The third kappa shape index (κ3) is 2.25. The Bertz CT molecular complexity index is 548. The van der Waals surface area contributed by atoms with E-state index in [1.165, 1.54) is 32.1 Å². The summed E-state index contributed by atoms with van der Waals surface area (Å²) in [5.41, 5.74) is 8.77. The zero-order chi connectivity index (χ0) is 13.2. The summed E-state index contributed by atoms with van der Waals surface area (Å²) in [7, 11) is 0. The quantitative estimate of drug-likeness (QED) is 0.921. The maximum atomic E-state index is 6.57. The average molecular weight is 258 g/mol. The van der Waals surface area contributed by atoms with Crippen LogP contribution in [0.15, 0.2) is 24.8 Å². The second-order valence-electron chi connectivity index (χ2n) is 5.65. The van der Waals surface area contributed by atoms with Crippen molar-refractivity contribution in [2.75, 3.05) is 0 Å². The van der Waals surface area contributed by atoms with Crippen molar-refractivity contribution in [2.24, 2.45) is 17.6 Å². The Hall–Kier alpha value is -1.42. The molecule has 3 rings (SSSR count). The van der Waals surface area contributed by atoms with E-state index in [0.29, 0.717) is 5.92 Å². The predicted octanol–water partition coefficient (Wildman–Crippen LogP) is 2.95. The number of hydrogen-bond acceptors (Lipinski definition) is 3. The van der Waals surface area contributed by atoms with Crippen molar-refractivity contribution in [1.82, 2.24) is 14.6 Å². The van der Waals surface area contributed by atoms with Gasteiger partial charge in [0.1, 0.15) is 0 Å². The monoisotopic (exact) mass is 258 g/mol. The van der Waals surface area contributed by atoms with Crippen LogP contribution in [0.5, 0.6) is 0 Å². The van der Waals surface area contributed by atoms with Gasteiger partial charge in [0.05, 0.1) is 17.9 Å². The molecule has 3 unspecified atom stereocenters. The molecule has 0 aromatic carbocycles. The third-order valence-corrected chi connectivity index (χ3v) is 4.67. The fourth-order valence-electron chi connectivity index (χ4n) is 3.56. The fraction of sp³-hybridized carbons (Fsp3) is 0.600. The molecule has 2 N–H and O–H groups in total. The van der Waals surface area contributed by atoms with Crippen LogP contribution in [0, 0.1) is 11.8 Å². The Balaban J connectivity index is 1.92. The second kappa shape index (κ2) is 5.29. The van der Waals surface area contributed by atoms with E-state index >= 15 is 0 Å². The summed E-state index contributed by atoms with van der Waals surface area (Å²) >= 11 is 0. The van der Waals surface area contributed by atoms with E-state index in [1.807, 2.05) is 23.1 Å². The lowest BCUT2D eigenvalue weighted by Gasteiger charge is -2.34. The summed E-state index contributed by atoms with van der Waals surface area (Å²) in [6, 6.07) is 0.0898. The SMILES string of the molecule is CCC1CCCCC1C(N)c1cnn2ccncc12. The first kappa shape index (κ1) is 12.6. The van der Waals surface area contributed by atoms with Gasteiger partial charge in [0.15, 0.2) is 0 Å². The average Bonchev–Trinajstić information content (AvgIpc) is 2.90. The van der Waals surface area contributed by atoms with Gasteiger partial charge in [0.25, 0.3) is 0 Å². The smallest absolute Gasteiger partial charge is 0.0892 e. The molecular formula is C15H22N4. The summed E-state index contributed by atoms with van der Waals surface area (Å²) in [5.74, 6) is 1.35. The minimum absolute atomic E-state index is 0.0898. The molecule has 1 aliphatic rings. The second-order valence-corrected chi connectivity index (χ2v) is 5.65. The molecule has 1 fully saturated rings. The van der Waals surface area contributed by atoms with Crippen molar-refractivity contribution >= 4 is 5.52 Å². The molecule has 1 saturated carbocycles. The van der Waals surface area contributed by atoms with Gasteiger partial charge in [-0.1, -0.05) is 32.6 Å². The molecule has 0 spiro atoms.